The largest absolute Gasteiger partial charge is 0.324 e. The number of nitrogens with one attached hydrogen (secondary N) is 1. The van der Waals surface area contributed by atoms with Gasteiger partial charge in [0.2, 0.25) is 11.6 Å². The topological polar surface area (TPSA) is 108 Å². The Balaban J connectivity index is 1.72. The Kier molecular flexibility index (Phi) is 6.01. The van der Waals surface area contributed by atoms with E-state index in [0.717, 1.165) is 14.7 Å². The molecule has 12 heteroatoms. The van der Waals surface area contributed by atoms with E-state index in [-0.39, 0.29) is 5.69 Å². The molecule has 0 aliphatic rings. The van der Waals surface area contributed by atoms with Crippen molar-refractivity contribution in [2.24, 2.45) is 0 Å². The fourth-order valence-corrected chi connectivity index (χ4v) is 3.11. The van der Waals surface area contributed by atoms with Crippen molar-refractivity contribution >= 4 is 33.2 Å². The summed E-state index contributed by atoms with van der Waals surface area (Å²) in [6.07, 6.45) is 0.349. The van der Waals surface area contributed by atoms with Crippen molar-refractivity contribution in [2.75, 3.05) is 5.32 Å². The number of aromatic nitrogens is 4. The Labute approximate surface area is 171 Å². The minimum Gasteiger partial charge on any atom is -0.324 e. The van der Waals surface area contributed by atoms with Crippen LogP contribution in [-0.2, 0) is 17.9 Å². The molecule has 0 aliphatic carbocycles. The Morgan fingerprint density at radius 2 is 2.17 bits per heavy atom. The zero-order chi connectivity index (χ0) is 21.1. The average Bonchev–Trinajstić information content (AvgIpc) is 3.18. The highest BCUT2D eigenvalue weighted by molar-refractivity contribution is 9.10. The molecule has 0 aliphatic heterocycles. The summed E-state index contributed by atoms with van der Waals surface area (Å²) in [7, 11) is 0. The van der Waals surface area contributed by atoms with Gasteiger partial charge in [-0.1, -0.05) is 12.1 Å². The molecule has 1 N–H and O–H groups in total. The fourth-order valence-electron chi connectivity index (χ4n) is 2.78. The van der Waals surface area contributed by atoms with Crippen LogP contribution in [0.25, 0.3) is 0 Å². The Bertz CT molecular complexity index is 1070. The van der Waals surface area contributed by atoms with Crippen molar-refractivity contribution in [1.29, 1.82) is 0 Å². The summed E-state index contributed by atoms with van der Waals surface area (Å²) in [4.78, 5) is 22.4. The van der Waals surface area contributed by atoms with Crippen molar-refractivity contribution in [3.63, 3.8) is 0 Å². The van der Waals surface area contributed by atoms with Gasteiger partial charge in [-0.15, -0.1) is 0 Å². The van der Waals surface area contributed by atoms with Crippen LogP contribution in [0.4, 0.5) is 20.2 Å². The van der Waals surface area contributed by atoms with Crippen LogP contribution in [0.1, 0.15) is 23.4 Å². The lowest BCUT2D eigenvalue weighted by molar-refractivity contribution is -0.386. The van der Waals surface area contributed by atoms with Crippen molar-refractivity contribution < 1.29 is 18.5 Å². The molecule has 3 aromatic rings. The van der Waals surface area contributed by atoms with Gasteiger partial charge < -0.3 is 5.32 Å². The number of carbonyl (C=O) groups excluding carboxylic acids is 1. The Morgan fingerprint density at radius 1 is 1.41 bits per heavy atom. The SMILES string of the molecule is Cc1c([N+](=O)[O-])c(C(F)F)nn1CC(=O)Nc1cccc(Cn2cc(Br)cn2)c1. The van der Waals surface area contributed by atoms with Crippen molar-refractivity contribution in [2.45, 2.75) is 26.4 Å². The molecule has 0 saturated carbocycles. The second-order valence-corrected chi connectivity index (χ2v) is 7.06. The molecule has 0 radical (unpaired) electrons. The number of amides is 1. The van der Waals surface area contributed by atoms with E-state index < -0.39 is 35.2 Å². The lowest BCUT2D eigenvalue weighted by Gasteiger charge is -2.08. The maximum absolute atomic E-state index is 13.0. The van der Waals surface area contributed by atoms with E-state index in [4.69, 9.17) is 0 Å². The molecule has 2 aromatic heterocycles. The predicted molar refractivity (Wildman–Crippen MR) is 103 cm³/mol. The third-order valence-corrected chi connectivity index (χ3v) is 4.45. The van der Waals surface area contributed by atoms with Crippen LogP contribution >= 0.6 is 15.9 Å². The first-order valence-electron chi connectivity index (χ1n) is 8.31. The van der Waals surface area contributed by atoms with Gasteiger partial charge in [0.25, 0.3) is 6.43 Å². The molecule has 0 unspecified atom stereocenters. The maximum atomic E-state index is 13.0. The lowest BCUT2D eigenvalue weighted by atomic mass is 10.2. The molecular formula is C17H15BrF2N6O3. The normalized spacial score (nSPS) is 11.1. The summed E-state index contributed by atoms with van der Waals surface area (Å²) >= 11 is 3.32. The number of rotatable bonds is 7. The number of nitrogens with zero attached hydrogens (tertiary/aromatic N) is 5. The zero-order valence-electron chi connectivity index (χ0n) is 15.1. The number of hydrogen-bond donors (Lipinski definition) is 1. The van der Waals surface area contributed by atoms with Crippen LogP contribution in [0.15, 0.2) is 41.1 Å². The minimum atomic E-state index is -3.11. The first-order valence-corrected chi connectivity index (χ1v) is 9.10. The molecule has 0 fully saturated rings. The van der Waals surface area contributed by atoms with Crippen LogP contribution < -0.4 is 5.32 Å². The minimum absolute atomic E-state index is 0.113. The first kappa shape index (κ1) is 20.6. The number of benzene rings is 1. The smallest absolute Gasteiger partial charge is 0.319 e. The third-order valence-electron chi connectivity index (χ3n) is 4.04. The third kappa shape index (κ3) is 4.83. The van der Waals surface area contributed by atoms with E-state index in [1.54, 1.807) is 35.3 Å². The summed E-state index contributed by atoms with van der Waals surface area (Å²) in [5.41, 5.74) is -0.470. The number of nitro groups is 1. The Hall–Kier alpha value is -3.15. The molecule has 29 heavy (non-hydrogen) atoms. The van der Waals surface area contributed by atoms with Crippen LogP contribution in [0.5, 0.6) is 0 Å². The molecule has 152 valence electrons. The molecule has 3 rings (SSSR count). The number of halogens is 3. The highest BCUT2D eigenvalue weighted by atomic mass is 79.9. The number of alkyl halides is 2. The second kappa shape index (κ2) is 8.47. The van der Waals surface area contributed by atoms with Gasteiger partial charge >= 0.3 is 5.69 Å². The van der Waals surface area contributed by atoms with Gasteiger partial charge in [-0.25, -0.2) is 8.78 Å². The molecular weight excluding hydrogens is 454 g/mol. The molecule has 1 amide bonds. The van der Waals surface area contributed by atoms with E-state index in [2.05, 4.69) is 31.4 Å². The van der Waals surface area contributed by atoms with E-state index >= 15 is 0 Å². The van der Waals surface area contributed by atoms with E-state index in [0.29, 0.717) is 12.2 Å². The molecule has 1 aromatic carbocycles. The van der Waals surface area contributed by atoms with Gasteiger partial charge in [-0.05, 0) is 40.5 Å². The molecule has 0 spiro atoms. The molecule has 0 saturated heterocycles. The van der Waals surface area contributed by atoms with Crippen LogP contribution in [0.2, 0.25) is 0 Å². The van der Waals surface area contributed by atoms with E-state index in [9.17, 15) is 23.7 Å². The molecule has 0 bridgehead atoms. The predicted octanol–water partition coefficient (Wildman–Crippen LogP) is 3.68. The zero-order valence-corrected chi connectivity index (χ0v) is 16.6. The summed E-state index contributed by atoms with van der Waals surface area (Å²) in [5, 5.41) is 21.4. The van der Waals surface area contributed by atoms with Crippen LogP contribution in [0.3, 0.4) is 0 Å². The van der Waals surface area contributed by atoms with Crippen molar-refractivity contribution in [1.82, 2.24) is 19.6 Å². The lowest BCUT2D eigenvalue weighted by Crippen LogP contribution is -2.20. The van der Waals surface area contributed by atoms with Gasteiger partial charge in [-0.2, -0.15) is 10.2 Å². The standard InChI is InChI=1S/C17H15BrF2N6O3/c1-10-16(26(28)29)15(17(19)20)23-25(10)9-14(27)22-13-4-2-3-11(5-13)7-24-8-12(18)6-21-24/h2-6,8,17H,7,9H2,1H3,(H,22,27). The highest BCUT2D eigenvalue weighted by Gasteiger charge is 2.31. The molecule has 0 atom stereocenters. The average molecular weight is 469 g/mol. The van der Waals surface area contributed by atoms with Gasteiger partial charge in [0.15, 0.2) is 0 Å². The van der Waals surface area contributed by atoms with E-state index in [1.165, 1.54) is 6.92 Å². The summed E-state index contributed by atoms with van der Waals surface area (Å²) < 4.78 is 29.5. The van der Waals surface area contributed by atoms with Gasteiger partial charge in [0.05, 0.1) is 22.1 Å². The number of anilines is 1. The monoisotopic (exact) mass is 468 g/mol. The summed E-state index contributed by atoms with van der Waals surface area (Å²) in [5.74, 6) is -0.551. The second-order valence-electron chi connectivity index (χ2n) is 6.14. The van der Waals surface area contributed by atoms with Gasteiger partial charge in [0, 0.05) is 11.9 Å². The van der Waals surface area contributed by atoms with Gasteiger partial charge in [0.1, 0.15) is 12.2 Å². The van der Waals surface area contributed by atoms with Gasteiger partial charge in [-0.3, -0.25) is 24.3 Å². The van der Waals surface area contributed by atoms with Crippen molar-refractivity contribution in [3.05, 3.63) is 68.2 Å². The Morgan fingerprint density at radius 3 is 2.76 bits per heavy atom. The number of carbonyl (C=O) groups is 1. The van der Waals surface area contributed by atoms with Crippen LogP contribution in [0, 0.1) is 17.0 Å². The molecule has 2 heterocycles. The highest BCUT2D eigenvalue weighted by Crippen LogP contribution is 2.30. The van der Waals surface area contributed by atoms with E-state index in [1.807, 2.05) is 6.07 Å². The maximum Gasteiger partial charge on any atom is 0.319 e. The first-order chi connectivity index (χ1) is 13.7. The summed E-state index contributed by atoms with van der Waals surface area (Å²) in [6, 6.07) is 7.03. The molecule has 9 nitrogen and oxygen atoms in total. The van der Waals surface area contributed by atoms with Crippen molar-refractivity contribution in [3.8, 4) is 0 Å². The van der Waals surface area contributed by atoms with Crippen LogP contribution in [-0.4, -0.2) is 30.4 Å². The fraction of sp³-hybridized carbons (Fsp3) is 0.235. The summed E-state index contributed by atoms with van der Waals surface area (Å²) in [6.45, 7) is 1.32. The quantitative estimate of drug-likeness (QED) is 0.420. The number of hydrogen-bond acceptors (Lipinski definition) is 5.